The van der Waals surface area contributed by atoms with Crippen LogP contribution in [0.4, 0.5) is 20.2 Å². The number of carbonyl (C=O) groups is 2. The maximum atomic E-state index is 12.1. The molecule has 0 spiro atoms. The van der Waals surface area contributed by atoms with Crippen molar-refractivity contribution in [1.82, 2.24) is 0 Å². The standard InChI is InChI=1S/C16H13F2N3O5S/c17-16(18)26-11-4-2-10(3-5-11)20-14(22)8-27-13-6-1-9(15(19)23)7-12(13)21(24)25/h1-7,16H,8H2,(H2,19,23)(H,20,22). The number of ether oxygens (including phenoxy) is 1. The summed E-state index contributed by atoms with van der Waals surface area (Å²) < 4.78 is 28.4. The first-order valence-electron chi connectivity index (χ1n) is 7.32. The van der Waals surface area contributed by atoms with Crippen molar-refractivity contribution in [3.05, 3.63) is 58.1 Å². The molecule has 11 heteroatoms. The summed E-state index contributed by atoms with van der Waals surface area (Å²) in [6.45, 7) is -2.95. The summed E-state index contributed by atoms with van der Waals surface area (Å²) in [5, 5.41) is 13.6. The Hall–Kier alpha value is -3.21. The molecule has 0 aliphatic rings. The molecule has 2 aromatic rings. The van der Waals surface area contributed by atoms with Crippen LogP contribution in [0.5, 0.6) is 5.75 Å². The van der Waals surface area contributed by atoms with Crippen LogP contribution in [0.1, 0.15) is 10.4 Å². The summed E-state index contributed by atoms with van der Waals surface area (Å²) in [4.78, 5) is 33.7. The van der Waals surface area contributed by atoms with Crippen molar-refractivity contribution in [1.29, 1.82) is 0 Å². The van der Waals surface area contributed by atoms with Crippen LogP contribution in [0.3, 0.4) is 0 Å². The topological polar surface area (TPSA) is 125 Å². The number of thioether (sulfide) groups is 1. The highest BCUT2D eigenvalue weighted by molar-refractivity contribution is 8.00. The molecule has 2 rings (SSSR count). The minimum Gasteiger partial charge on any atom is -0.435 e. The molecular formula is C16H13F2N3O5S. The Morgan fingerprint density at radius 1 is 1.22 bits per heavy atom. The van der Waals surface area contributed by atoms with Gasteiger partial charge in [-0.2, -0.15) is 8.78 Å². The number of nitrogens with one attached hydrogen (secondary N) is 1. The lowest BCUT2D eigenvalue weighted by Gasteiger charge is -2.08. The third-order valence-corrected chi connectivity index (χ3v) is 4.22. The lowest BCUT2D eigenvalue weighted by Crippen LogP contribution is -2.14. The van der Waals surface area contributed by atoms with Gasteiger partial charge in [-0.15, -0.1) is 11.8 Å². The summed E-state index contributed by atoms with van der Waals surface area (Å²) in [5.41, 5.74) is 5.10. The average molecular weight is 397 g/mol. The predicted octanol–water partition coefficient (Wildman–Crippen LogP) is 3.03. The summed E-state index contributed by atoms with van der Waals surface area (Å²) >= 11 is 0.905. The van der Waals surface area contributed by atoms with E-state index in [1.165, 1.54) is 36.4 Å². The molecule has 0 heterocycles. The molecule has 0 radical (unpaired) electrons. The van der Waals surface area contributed by atoms with E-state index in [2.05, 4.69) is 10.1 Å². The number of alkyl halides is 2. The van der Waals surface area contributed by atoms with Gasteiger partial charge in [-0.3, -0.25) is 19.7 Å². The molecule has 0 atom stereocenters. The van der Waals surface area contributed by atoms with Gasteiger partial charge < -0.3 is 15.8 Å². The Kier molecular flexibility index (Phi) is 6.66. The van der Waals surface area contributed by atoms with Gasteiger partial charge in [0.2, 0.25) is 11.8 Å². The van der Waals surface area contributed by atoms with Gasteiger partial charge in [-0.05, 0) is 36.4 Å². The summed E-state index contributed by atoms with van der Waals surface area (Å²) in [6.07, 6.45) is 0. The monoisotopic (exact) mass is 397 g/mol. The first-order valence-corrected chi connectivity index (χ1v) is 8.30. The minimum atomic E-state index is -2.95. The first-order chi connectivity index (χ1) is 12.8. The van der Waals surface area contributed by atoms with Crippen molar-refractivity contribution < 1.29 is 28.0 Å². The number of carbonyl (C=O) groups excluding carboxylic acids is 2. The average Bonchev–Trinajstić information content (AvgIpc) is 2.61. The van der Waals surface area contributed by atoms with Crippen LogP contribution in [-0.2, 0) is 4.79 Å². The maximum Gasteiger partial charge on any atom is 0.387 e. The lowest BCUT2D eigenvalue weighted by molar-refractivity contribution is -0.387. The van der Waals surface area contributed by atoms with Gasteiger partial charge in [0.15, 0.2) is 0 Å². The van der Waals surface area contributed by atoms with Crippen molar-refractivity contribution >= 4 is 35.0 Å². The number of rotatable bonds is 8. The molecule has 8 nitrogen and oxygen atoms in total. The molecule has 2 amide bonds. The molecule has 0 aliphatic heterocycles. The maximum absolute atomic E-state index is 12.1. The molecule has 0 fully saturated rings. The van der Waals surface area contributed by atoms with Crippen LogP contribution in [0.25, 0.3) is 0 Å². The Balaban J connectivity index is 1.99. The number of primary amides is 1. The molecule has 3 N–H and O–H groups in total. The number of benzene rings is 2. The summed E-state index contributed by atoms with van der Waals surface area (Å²) in [5.74, 6) is -1.46. The van der Waals surface area contributed by atoms with E-state index >= 15 is 0 Å². The van der Waals surface area contributed by atoms with Gasteiger partial charge in [-0.1, -0.05) is 0 Å². The van der Waals surface area contributed by atoms with Gasteiger partial charge in [-0.25, -0.2) is 0 Å². The minimum absolute atomic E-state index is 0.0124. The van der Waals surface area contributed by atoms with Crippen molar-refractivity contribution in [2.75, 3.05) is 11.1 Å². The fourth-order valence-corrected chi connectivity index (χ4v) is 2.80. The third kappa shape index (κ3) is 5.92. The number of nitro benzene ring substituents is 1. The first kappa shape index (κ1) is 20.1. The number of halogens is 2. The number of hydrogen-bond donors (Lipinski definition) is 2. The van der Waals surface area contributed by atoms with E-state index < -0.39 is 23.3 Å². The highest BCUT2D eigenvalue weighted by atomic mass is 32.2. The molecule has 0 unspecified atom stereocenters. The smallest absolute Gasteiger partial charge is 0.387 e. The van der Waals surface area contributed by atoms with Crippen LogP contribution in [0.2, 0.25) is 0 Å². The Labute approximate surface area is 155 Å². The second-order valence-corrected chi connectivity index (χ2v) is 6.06. The van der Waals surface area contributed by atoms with E-state index in [1.54, 1.807) is 0 Å². The van der Waals surface area contributed by atoms with Crippen molar-refractivity contribution in [3.8, 4) is 5.75 Å². The Morgan fingerprint density at radius 3 is 2.44 bits per heavy atom. The highest BCUT2D eigenvalue weighted by Gasteiger charge is 2.18. The van der Waals surface area contributed by atoms with Crippen LogP contribution < -0.4 is 15.8 Å². The zero-order valence-corrected chi connectivity index (χ0v) is 14.4. The largest absolute Gasteiger partial charge is 0.435 e. The van der Waals surface area contributed by atoms with Gasteiger partial charge in [0.25, 0.3) is 5.69 Å². The van der Waals surface area contributed by atoms with E-state index in [-0.39, 0.29) is 27.6 Å². The normalized spacial score (nSPS) is 10.5. The lowest BCUT2D eigenvalue weighted by atomic mass is 10.2. The predicted molar refractivity (Wildman–Crippen MR) is 94.0 cm³/mol. The molecule has 0 aromatic heterocycles. The van der Waals surface area contributed by atoms with Gasteiger partial charge in [0.05, 0.1) is 15.6 Å². The molecule has 0 saturated carbocycles. The molecule has 2 aromatic carbocycles. The van der Waals surface area contributed by atoms with Crippen molar-refractivity contribution in [2.45, 2.75) is 11.5 Å². The fourth-order valence-electron chi connectivity index (χ4n) is 2.00. The Bertz CT molecular complexity index is 862. The van der Waals surface area contributed by atoms with Crippen molar-refractivity contribution in [2.24, 2.45) is 5.73 Å². The van der Waals surface area contributed by atoms with Crippen molar-refractivity contribution in [3.63, 3.8) is 0 Å². The quantitative estimate of drug-likeness (QED) is 0.401. The number of amides is 2. The number of nitrogens with two attached hydrogens (primary N) is 1. The van der Waals surface area contributed by atoms with E-state index in [9.17, 15) is 28.5 Å². The molecule has 0 aliphatic carbocycles. The summed E-state index contributed by atoms with van der Waals surface area (Å²) in [7, 11) is 0. The zero-order chi connectivity index (χ0) is 20.0. The van der Waals surface area contributed by atoms with Gasteiger partial charge >= 0.3 is 6.61 Å². The number of anilines is 1. The number of nitrogens with zero attached hydrogens (tertiary/aromatic N) is 1. The van der Waals surface area contributed by atoms with Gasteiger partial charge in [0.1, 0.15) is 5.75 Å². The summed E-state index contributed by atoms with van der Waals surface area (Å²) in [6, 6.07) is 9.01. The van der Waals surface area contributed by atoms with E-state index in [4.69, 9.17) is 5.73 Å². The highest BCUT2D eigenvalue weighted by Crippen LogP contribution is 2.30. The number of nitro groups is 1. The Morgan fingerprint density at radius 2 is 1.89 bits per heavy atom. The van der Waals surface area contributed by atoms with E-state index in [0.29, 0.717) is 5.69 Å². The molecule has 27 heavy (non-hydrogen) atoms. The van der Waals surface area contributed by atoms with Crippen LogP contribution in [0.15, 0.2) is 47.4 Å². The van der Waals surface area contributed by atoms with Crippen LogP contribution >= 0.6 is 11.8 Å². The molecular weight excluding hydrogens is 384 g/mol. The fraction of sp³-hybridized carbons (Fsp3) is 0.125. The van der Waals surface area contributed by atoms with Crippen LogP contribution in [0, 0.1) is 10.1 Å². The third-order valence-electron chi connectivity index (χ3n) is 3.16. The number of hydrogen-bond acceptors (Lipinski definition) is 6. The second-order valence-electron chi connectivity index (χ2n) is 5.04. The van der Waals surface area contributed by atoms with Crippen LogP contribution in [-0.4, -0.2) is 29.1 Å². The SMILES string of the molecule is NC(=O)c1ccc(SCC(=O)Nc2ccc(OC(F)F)cc2)c([N+](=O)[O-])c1. The molecule has 142 valence electrons. The zero-order valence-electron chi connectivity index (χ0n) is 13.6. The molecule has 0 bridgehead atoms. The molecule has 0 saturated heterocycles. The second kappa shape index (κ2) is 8.94. The van der Waals surface area contributed by atoms with Gasteiger partial charge in [0, 0.05) is 17.3 Å². The van der Waals surface area contributed by atoms with E-state index in [0.717, 1.165) is 17.8 Å². The van der Waals surface area contributed by atoms with E-state index in [1.807, 2.05) is 0 Å².